The molecule has 0 unspecified atom stereocenters. The van der Waals surface area contributed by atoms with Gasteiger partial charge in [0.05, 0.1) is 77.0 Å². The van der Waals surface area contributed by atoms with E-state index in [0.29, 0.717) is 61.7 Å². The summed E-state index contributed by atoms with van der Waals surface area (Å²) in [5, 5.41) is 90.2. The van der Waals surface area contributed by atoms with E-state index >= 15 is 0 Å². The molecule has 2 saturated heterocycles. The average Bonchev–Trinajstić information content (AvgIpc) is 1.61. The molecule has 10 rings (SSSR count). The van der Waals surface area contributed by atoms with Gasteiger partial charge in [-0.2, -0.15) is 0 Å². The Balaban J connectivity index is 0.773. The van der Waals surface area contributed by atoms with Crippen molar-refractivity contribution in [2.45, 2.75) is 121 Å². The summed E-state index contributed by atoms with van der Waals surface area (Å²) in [5.74, 6) is -1.76. The molecular weight excluding hydrogens is 1580 g/mol. The summed E-state index contributed by atoms with van der Waals surface area (Å²) in [6.07, 6.45) is -12.4. The van der Waals surface area contributed by atoms with Crippen LogP contribution in [0.5, 0.6) is 28.7 Å². The van der Waals surface area contributed by atoms with Gasteiger partial charge >= 0.3 is 22.3 Å². The Bertz CT molecular complexity index is 4760. The molecule has 38 nitrogen and oxygen atoms in total. The number of nitrogens with two attached hydrogens (primary N) is 2. The summed E-state index contributed by atoms with van der Waals surface area (Å²) < 4.78 is 93.2. The van der Waals surface area contributed by atoms with E-state index < -0.39 is 135 Å². The third-order valence-corrected chi connectivity index (χ3v) is 20.4. The SMILES string of the molecule is COc1ccc2c(OS(=O)(=O)Oc3cc(C(=O)N(C)CC(C)(C)COCC(C)(C)CN(N)/C=C(\N)COCCOCCC(C)(C)NCCOCCN4C(=O)C=CC4=O)ccc3O[C@@H]3O[C@H](C(=O)O)[C@@H](O)[C@H](O)[C@H]3O)cc3c(c2c1)[C@H](CCl)CN3C(=O)c1cn2cc(NC(=O)c3ccc(O[C@@H]4O[C@H](C(=O)O)[C@@H](O)[C@H](O)[C@H]4O)cc3)ccc2n1. The first-order chi connectivity index (χ1) is 55.2. The van der Waals surface area contributed by atoms with E-state index in [4.69, 9.17) is 74.2 Å². The maximum atomic E-state index is 14.9. The number of imidazole rings is 1. The fourth-order valence-corrected chi connectivity index (χ4v) is 14.4. The number of nitrogens with one attached hydrogen (secondary N) is 2. The summed E-state index contributed by atoms with van der Waals surface area (Å²) in [6.45, 7) is 14.8. The number of carbonyl (C=O) groups excluding carboxylic acids is 5. The molecule has 6 heterocycles. The van der Waals surface area contributed by atoms with E-state index in [1.54, 1.807) is 12.3 Å². The quantitative estimate of drug-likeness (QED) is 0.00858. The lowest BCUT2D eigenvalue weighted by Crippen LogP contribution is -2.61. The highest BCUT2D eigenvalue weighted by molar-refractivity contribution is 7.82. The molecule has 0 spiro atoms. The number of methoxy groups -OCH3 is 1. The summed E-state index contributed by atoms with van der Waals surface area (Å²) in [7, 11) is -2.57. The van der Waals surface area contributed by atoms with Gasteiger partial charge in [-0.05, 0) is 104 Å². The summed E-state index contributed by atoms with van der Waals surface area (Å²) in [5.41, 5.74) is 6.02. The number of alkyl halides is 1. The van der Waals surface area contributed by atoms with Crippen LogP contribution in [0.25, 0.3) is 16.4 Å². The van der Waals surface area contributed by atoms with Crippen LogP contribution in [0.1, 0.15) is 90.6 Å². The average molecular weight is 1680 g/mol. The minimum atomic E-state index is -5.46. The fourth-order valence-electron chi connectivity index (χ4n) is 13.4. The maximum Gasteiger partial charge on any atom is 0.501 e. The molecule has 4 aromatic carbocycles. The molecule has 5 amide bonds. The fraction of sp³-hybridized carbons (Fsp3) is 0.481. The van der Waals surface area contributed by atoms with Crippen LogP contribution >= 0.6 is 11.6 Å². The Labute approximate surface area is 677 Å². The zero-order valence-electron chi connectivity index (χ0n) is 65.2. The monoisotopic (exact) mass is 1680 g/mol. The second-order valence-corrected chi connectivity index (χ2v) is 32.0. The summed E-state index contributed by atoms with van der Waals surface area (Å²) in [4.78, 5) is 98.4. The van der Waals surface area contributed by atoms with Gasteiger partial charge in [-0.3, -0.25) is 28.9 Å². The molecule has 4 aliphatic rings. The van der Waals surface area contributed by atoms with Crippen LogP contribution in [0.15, 0.2) is 115 Å². The minimum absolute atomic E-state index is 0.0114. The molecule has 11 atom stereocenters. The second kappa shape index (κ2) is 38.2. The van der Waals surface area contributed by atoms with Crippen molar-refractivity contribution in [3.8, 4) is 28.7 Å². The number of aliphatic carboxylic acids is 2. The number of aliphatic hydroxyl groups is 6. The molecule has 14 N–H and O–H groups in total. The van der Waals surface area contributed by atoms with Crippen LogP contribution in [0.4, 0.5) is 11.4 Å². The smallest absolute Gasteiger partial charge is 0.497 e. The molecule has 40 heteroatoms. The van der Waals surface area contributed by atoms with Crippen molar-refractivity contribution in [1.82, 2.24) is 29.5 Å². The first-order valence-corrected chi connectivity index (χ1v) is 38.8. The number of anilines is 2. The number of carboxylic acids is 2. The number of hydrogen-bond donors (Lipinski definition) is 12. The van der Waals surface area contributed by atoms with Crippen molar-refractivity contribution in [3.05, 3.63) is 138 Å². The highest BCUT2D eigenvalue weighted by Crippen LogP contribution is 2.48. The van der Waals surface area contributed by atoms with Gasteiger partial charge in [-0.1, -0.05) is 27.7 Å². The molecule has 117 heavy (non-hydrogen) atoms. The summed E-state index contributed by atoms with van der Waals surface area (Å²) >= 11 is 6.66. The predicted molar refractivity (Wildman–Crippen MR) is 415 cm³/mol. The first kappa shape index (κ1) is 89.4. The molecular formula is C77H97ClN10O28S. The number of rotatable bonds is 40. The van der Waals surface area contributed by atoms with Gasteiger partial charge in [0.2, 0.25) is 12.6 Å². The zero-order valence-corrected chi connectivity index (χ0v) is 66.8. The van der Waals surface area contributed by atoms with Crippen molar-refractivity contribution >= 4 is 91.3 Å². The number of hydrogen-bond acceptors (Lipinski definition) is 31. The highest BCUT2D eigenvalue weighted by atomic mass is 35.5. The van der Waals surface area contributed by atoms with Crippen LogP contribution in [0.2, 0.25) is 0 Å². The van der Waals surface area contributed by atoms with E-state index in [0.717, 1.165) is 17.0 Å². The van der Waals surface area contributed by atoms with Gasteiger partial charge in [0, 0.05) is 121 Å². The molecule has 0 bridgehead atoms. The minimum Gasteiger partial charge on any atom is -0.497 e. The van der Waals surface area contributed by atoms with Crippen LogP contribution in [-0.2, 0) is 58.0 Å². The summed E-state index contributed by atoms with van der Waals surface area (Å²) in [6, 6.07) is 17.5. The lowest BCUT2D eigenvalue weighted by atomic mass is 9.92. The molecule has 2 fully saturated rings. The first-order valence-electron chi connectivity index (χ1n) is 37.0. The number of nitrogens with zero attached hydrogens (tertiary/aromatic N) is 6. The Kier molecular flexibility index (Phi) is 29.2. The van der Waals surface area contributed by atoms with Crippen molar-refractivity contribution < 1.29 is 134 Å². The highest BCUT2D eigenvalue weighted by Gasteiger charge is 2.50. The van der Waals surface area contributed by atoms with Crippen molar-refractivity contribution in [1.29, 1.82) is 0 Å². The number of ether oxygens (including phenoxy) is 9. The number of aliphatic hydroxyl groups excluding tert-OH is 6. The predicted octanol–water partition coefficient (Wildman–Crippen LogP) is 1.83. The molecule has 4 aliphatic heterocycles. The number of halogens is 1. The normalized spacial score (nSPS) is 21.8. The lowest BCUT2D eigenvalue weighted by Gasteiger charge is -2.38. The lowest BCUT2D eigenvalue weighted by molar-refractivity contribution is -0.271. The Hall–Kier alpha value is -9.92. The second-order valence-electron chi connectivity index (χ2n) is 30.6. The van der Waals surface area contributed by atoms with E-state index in [9.17, 15) is 82.8 Å². The number of benzene rings is 4. The number of aromatic nitrogens is 2. The van der Waals surface area contributed by atoms with E-state index in [2.05, 4.69) is 15.6 Å². The number of fused-ring (bicyclic) bond motifs is 4. The van der Waals surface area contributed by atoms with E-state index in [1.807, 2.05) is 41.5 Å². The molecule has 0 aliphatic carbocycles. The zero-order chi connectivity index (χ0) is 85.2. The van der Waals surface area contributed by atoms with Crippen LogP contribution in [-0.4, -0.2) is 288 Å². The number of carboxylic acid groups (broad SMARTS) is 2. The Morgan fingerprint density at radius 2 is 1.29 bits per heavy atom. The van der Waals surface area contributed by atoms with E-state index in [-0.39, 0.29) is 121 Å². The third-order valence-electron chi connectivity index (χ3n) is 19.3. The van der Waals surface area contributed by atoms with E-state index in [1.165, 1.54) is 119 Å². The Morgan fingerprint density at radius 3 is 1.93 bits per heavy atom. The standard InChI is InChI=1S/C77H97ClN10O28S/c1-75(2,40-110-41-76(3,4)39-86(80)34-45(79)37-109-28-27-107-24-21-77(5,6)81-22-25-108-26-23-87-57(89)19-20-58(87)90)38-84(7)69(98)43-11-17-53(112-74-65(96)61(92)63(94)67(114-74)72(102)103)55(29-43)116-117(104,105)115-54-31-52-59(50-30-48(106-8)15-16-49(50)54)44(32-78)33-88(52)70(99)51-36-85-35-46(12-18-56(85)83-51)82-68(97)42-9-13-47(14-10-42)111-73-64(95)60(91)62(93)66(113-73)71(100)101/h9-20,29-31,34-36,44,60-67,73-74,81,91-96H,21-28,32-33,37-41,79-80H2,1-8H3,(H,82,97)(H,100,101)(H,102,103)/b45-34-/t44-,60+,61+,62+,63+,64-,65-,66+,67+,73-,74-/m1/s1. The number of pyridine rings is 1. The van der Waals surface area contributed by atoms with Gasteiger partial charge in [-0.25, -0.2) is 20.4 Å². The van der Waals surface area contributed by atoms with Crippen LogP contribution in [0.3, 0.4) is 0 Å². The van der Waals surface area contributed by atoms with Gasteiger partial charge in [0.1, 0.15) is 59.5 Å². The third kappa shape index (κ3) is 22.7. The number of imide groups is 1. The molecule has 6 aromatic rings. The number of carbonyl (C=O) groups is 7. The van der Waals surface area contributed by atoms with Crippen LogP contribution < -0.4 is 49.7 Å². The largest absolute Gasteiger partial charge is 0.501 e. The molecule has 636 valence electrons. The maximum absolute atomic E-state index is 14.9. The molecule has 0 saturated carbocycles. The topological polar surface area (TPSA) is 523 Å². The molecule has 0 radical (unpaired) electrons. The van der Waals surface area contributed by atoms with Gasteiger partial charge in [0.25, 0.3) is 29.5 Å². The van der Waals surface area contributed by atoms with Crippen LogP contribution in [0, 0.1) is 10.8 Å². The Morgan fingerprint density at radius 1 is 0.684 bits per heavy atom. The van der Waals surface area contributed by atoms with Crippen molar-refractivity contribution in [2.24, 2.45) is 22.4 Å². The van der Waals surface area contributed by atoms with Crippen molar-refractivity contribution in [2.75, 3.05) is 116 Å². The van der Waals surface area contributed by atoms with Gasteiger partial charge in [0.15, 0.2) is 29.5 Å². The van der Waals surface area contributed by atoms with Gasteiger partial charge in [-0.15, -0.1) is 20.0 Å². The number of amides is 5. The van der Waals surface area contributed by atoms with Gasteiger partial charge < -0.3 is 127 Å². The number of hydrazine groups is 1. The van der Waals surface area contributed by atoms with Crippen molar-refractivity contribution in [3.63, 3.8) is 0 Å². The molecule has 2 aromatic heterocycles.